The van der Waals surface area contributed by atoms with E-state index in [2.05, 4.69) is 15.5 Å². The van der Waals surface area contributed by atoms with Crippen LogP contribution in [0.5, 0.6) is 5.75 Å². The summed E-state index contributed by atoms with van der Waals surface area (Å²) in [6.07, 6.45) is 1.17. The number of aryl methyl sites for hydroxylation is 1. The highest BCUT2D eigenvalue weighted by Crippen LogP contribution is 2.26. The fourth-order valence-corrected chi connectivity index (χ4v) is 3.25. The summed E-state index contributed by atoms with van der Waals surface area (Å²) in [7, 11) is 1.52. The normalized spacial score (nSPS) is 14.9. The maximum absolute atomic E-state index is 12.8. The maximum atomic E-state index is 12.8. The van der Waals surface area contributed by atoms with Gasteiger partial charge in [0.15, 0.2) is 5.82 Å². The molecule has 1 N–H and O–H groups in total. The first-order valence-electron chi connectivity index (χ1n) is 8.67. The standard InChI is InChI=1S/C18H21ClN4O4/c1-11-21-16(27-22-11)10-20-17(24)12-5-7-23(8-6-12)18(25)14-9-13(19)3-4-15(14)26-2/h3-4,9,12H,5-8,10H2,1-2H3,(H,20,24). The fourth-order valence-electron chi connectivity index (χ4n) is 3.08. The number of benzene rings is 1. The molecule has 0 bridgehead atoms. The Balaban J connectivity index is 1.54. The second kappa shape index (κ2) is 8.39. The number of amides is 2. The van der Waals surface area contributed by atoms with Crippen molar-refractivity contribution in [2.75, 3.05) is 20.2 Å². The number of likely N-dealkylation sites (tertiary alicyclic amines) is 1. The van der Waals surface area contributed by atoms with Crippen molar-refractivity contribution in [3.05, 3.63) is 40.5 Å². The molecule has 0 radical (unpaired) electrons. The molecule has 2 aromatic rings. The maximum Gasteiger partial charge on any atom is 0.257 e. The van der Waals surface area contributed by atoms with E-state index in [0.717, 1.165) is 0 Å². The van der Waals surface area contributed by atoms with Gasteiger partial charge in [-0.15, -0.1) is 0 Å². The average Bonchev–Trinajstić information content (AvgIpc) is 3.11. The van der Waals surface area contributed by atoms with E-state index in [1.165, 1.54) is 7.11 Å². The van der Waals surface area contributed by atoms with Gasteiger partial charge in [0.05, 0.1) is 19.2 Å². The Kier molecular flexibility index (Phi) is 5.95. The molecule has 2 heterocycles. The van der Waals surface area contributed by atoms with Crippen LogP contribution in [0, 0.1) is 12.8 Å². The Morgan fingerprint density at radius 2 is 2.11 bits per heavy atom. The van der Waals surface area contributed by atoms with E-state index in [0.29, 0.717) is 54.0 Å². The van der Waals surface area contributed by atoms with Gasteiger partial charge in [-0.2, -0.15) is 4.98 Å². The molecule has 144 valence electrons. The second-order valence-electron chi connectivity index (χ2n) is 6.36. The van der Waals surface area contributed by atoms with Crippen molar-refractivity contribution in [2.24, 2.45) is 5.92 Å². The van der Waals surface area contributed by atoms with Gasteiger partial charge in [-0.3, -0.25) is 9.59 Å². The number of rotatable bonds is 5. The van der Waals surface area contributed by atoms with E-state index in [-0.39, 0.29) is 24.3 Å². The van der Waals surface area contributed by atoms with Crippen molar-refractivity contribution in [3.63, 3.8) is 0 Å². The van der Waals surface area contributed by atoms with Crippen LogP contribution >= 0.6 is 11.6 Å². The molecule has 0 spiro atoms. The van der Waals surface area contributed by atoms with Gasteiger partial charge in [0, 0.05) is 24.0 Å². The first-order valence-corrected chi connectivity index (χ1v) is 9.05. The molecule has 1 saturated heterocycles. The largest absolute Gasteiger partial charge is 0.496 e. The predicted molar refractivity (Wildman–Crippen MR) is 97.5 cm³/mol. The molecule has 1 aromatic carbocycles. The zero-order valence-electron chi connectivity index (χ0n) is 15.2. The summed E-state index contributed by atoms with van der Waals surface area (Å²) in [5.74, 6) is 1.02. The molecule has 0 unspecified atom stereocenters. The Labute approximate surface area is 161 Å². The summed E-state index contributed by atoms with van der Waals surface area (Å²) < 4.78 is 10.2. The highest BCUT2D eigenvalue weighted by atomic mass is 35.5. The van der Waals surface area contributed by atoms with Crippen LogP contribution in [0.1, 0.15) is 34.9 Å². The van der Waals surface area contributed by atoms with Crippen LogP contribution in [0.4, 0.5) is 0 Å². The summed E-state index contributed by atoms with van der Waals surface area (Å²) in [6, 6.07) is 4.96. The number of carbonyl (C=O) groups is 2. The van der Waals surface area contributed by atoms with Crippen molar-refractivity contribution in [1.29, 1.82) is 0 Å². The van der Waals surface area contributed by atoms with E-state index in [4.69, 9.17) is 20.9 Å². The number of methoxy groups -OCH3 is 1. The van der Waals surface area contributed by atoms with Crippen LogP contribution in [0.25, 0.3) is 0 Å². The molecule has 27 heavy (non-hydrogen) atoms. The number of hydrogen-bond donors (Lipinski definition) is 1. The first kappa shape index (κ1) is 19.2. The summed E-state index contributed by atoms with van der Waals surface area (Å²) in [6.45, 7) is 2.91. The molecule has 0 saturated carbocycles. The summed E-state index contributed by atoms with van der Waals surface area (Å²) in [5, 5.41) is 6.97. The third-order valence-electron chi connectivity index (χ3n) is 4.53. The van der Waals surface area contributed by atoms with E-state index in [9.17, 15) is 9.59 Å². The zero-order chi connectivity index (χ0) is 19.4. The molecular weight excluding hydrogens is 372 g/mol. The minimum Gasteiger partial charge on any atom is -0.496 e. The monoisotopic (exact) mass is 392 g/mol. The van der Waals surface area contributed by atoms with Crippen molar-refractivity contribution < 1.29 is 18.8 Å². The lowest BCUT2D eigenvalue weighted by Crippen LogP contribution is -2.43. The first-order chi connectivity index (χ1) is 13.0. The van der Waals surface area contributed by atoms with E-state index in [1.807, 2.05) is 0 Å². The average molecular weight is 393 g/mol. The number of ether oxygens (including phenoxy) is 1. The molecule has 9 heteroatoms. The quantitative estimate of drug-likeness (QED) is 0.837. The molecule has 1 fully saturated rings. The van der Waals surface area contributed by atoms with E-state index < -0.39 is 0 Å². The van der Waals surface area contributed by atoms with Gasteiger partial charge in [-0.05, 0) is 38.0 Å². The molecule has 1 aliphatic rings. The van der Waals surface area contributed by atoms with Gasteiger partial charge in [0.2, 0.25) is 11.8 Å². The van der Waals surface area contributed by atoms with Gasteiger partial charge < -0.3 is 19.5 Å². The Bertz CT molecular complexity index is 831. The molecule has 2 amide bonds. The number of hydrogen-bond acceptors (Lipinski definition) is 6. The fraction of sp³-hybridized carbons (Fsp3) is 0.444. The lowest BCUT2D eigenvalue weighted by molar-refractivity contribution is -0.126. The molecule has 0 aliphatic carbocycles. The van der Waals surface area contributed by atoms with Gasteiger partial charge >= 0.3 is 0 Å². The van der Waals surface area contributed by atoms with Crippen LogP contribution in [-0.4, -0.2) is 47.1 Å². The van der Waals surface area contributed by atoms with Gasteiger partial charge in [0.1, 0.15) is 5.75 Å². The SMILES string of the molecule is COc1ccc(Cl)cc1C(=O)N1CCC(C(=O)NCc2nc(C)no2)CC1. The lowest BCUT2D eigenvalue weighted by Gasteiger charge is -2.31. The Morgan fingerprint density at radius 3 is 2.74 bits per heavy atom. The number of halogens is 1. The van der Waals surface area contributed by atoms with Crippen molar-refractivity contribution in [1.82, 2.24) is 20.4 Å². The Hall–Kier alpha value is -2.61. The number of nitrogens with one attached hydrogen (secondary N) is 1. The van der Waals surface area contributed by atoms with Gasteiger partial charge in [-0.1, -0.05) is 16.8 Å². The molecule has 1 aliphatic heterocycles. The van der Waals surface area contributed by atoms with Crippen molar-refractivity contribution in [3.8, 4) is 5.75 Å². The molecule has 3 rings (SSSR count). The van der Waals surface area contributed by atoms with E-state index in [1.54, 1.807) is 30.0 Å². The second-order valence-corrected chi connectivity index (χ2v) is 6.80. The van der Waals surface area contributed by atoms with Crippen LogP contribution < -0.4 is 10.1 Å². The van der Waals surface area contributed by atoms with Crippen molar-refractivity contribution >= 4 is 23.4 Å². The third kappa shape index (κ3) is 4.57. The molecule has 8 nitrogen and oxygen atoms in total. The number of aromatic nitrogens is 2. The molecule has 1 aromatic heterocycles. The molecular formula is C18H21ClN4O4. The van der Waals surface area contributed by atoms with E-state index >= 15 is 0 Å². The highest BCUT2D eigenvalue weighted by Gasteiger charge is 2.29. The minimum atomic E-state index is -0.153. The van der Waals surface area contributed by atoms with Crippen molar-refractivity contribution in [2.45, 2.75) is 26.3 Å². The number of piperidine rings is 1. The predicted octanol–water partition coefficient (Wildman–Crippen LogP) is 2.21. The van der Waals surface area contributed by atoms with Crippen LogP contribution in [0.15, 0.2) is 22.7 Å². The van der Waals surface area contributed by atoms with Gasteiger partial charge in [-0.25, -0.2) is 0 Å². The molecule has 0 atom stereocenters. The highest BCUT2D eigenvalue weighted by molar-refractivity contribution is 6.31. The lowest BCUT2D eigenvalue weighted by atomic mass is 9.95. The summed E-state index contributed by atoms with van der Waals surface area (Å²) in [5.41, 5.74) is 0.430. The van der Waals surface area contributed by atoms with Crippen LogP contribution in [0.3, 0.4) is 0 Å². The summed E-state index contributed by atoms with van der Waals surface area (Å²) >= 11 is 6.01. The summed E-state index contributed by atoms with van der Waals surface area (Å²) in [4.78, 5) is 30.9. The Morgan fingerprint density at radius 1 is 1.37 bits per heavy atom. The zero-order valence-corrected chi connectivity index (χ0v) is 16.0. The smallest absolute Gasteiger partial charge is 0.257 e. The minimum absolute atomic E-state index is 0.0710. The third-order valence-corrected chi connectivity index (χ3v) is 4.76. The van der Waals surface area contributed by atoms with Crippen LogP contribution in [-0.2, 0) is 11.3 Å². The number of carbonyl (C=O) groups excluding carboxylic acids is 2. The number of nitrogens with zero attached hydrogens (tertiary/aromatic N) is 3. The van der Waals surface area contributed by atoms with Crippen LogP contribution in [0.2, 0.25) is 5.02 Å². The van der Waals surface area contributed by atoms with Gasteiger partial charge in [0.25, 0.3) is 5.91 Å². The topological polar surface area (TPSA) is 97.6 Å².